The topological polar surface area (TPSA) is 37.8 Å². The van der Waals surface area contributed by atoms with Crippen molar-refractivity contribution in [3.05, 3.63) is 76.6 Å². The number of nitrogens with zero attached hydrogens (tertiary/aromatic N) is 2. The maximum absolute atomic E-state index is 6.25. The Morgan fingerprint density at radius 3 is 2.58 bits per heavy atom. The van der Waals surface area contributed by atoms with Crippen LogP contribution in [0.1, 0.15) is 5.56 Å². The van der Waals surface area contributed by atoms with Crippen LogP contribution < -0.4 is 5.32 Å². The molecule has 0 amide bonds. The zero-order chi connectivity index (χ0) is 16.4. The molecule has 0 saturated heterocycles. The van der Waals surface area contributed by atoms with Crippen LogP contribution in [0.5, 0.6) is 0 Å². The molecule has 2 aromatic heterocycles. The van der Waals surface area contributed by atoms with Gasteiger partial charge in [-0.05, 0) is 35.2 Å². The minimum Gasteiger partial charge on any atom is -0.365 e. The molecular weight excluding hydrogens is 338 g/mol. The van der Waals surface area contributed by atoms with Crippen molar-refractivity contribution < 1.29 is 0 Å². The molecule has 4 rings (SSSR count). The Hall–Kier alpha value is -2.43. The highest BCUT2D eigenvalue weighted by atomic mass is 35.5. The van der Waals surface area contributed by atoms with E-state index < -0.39 is 0 Å². The van der Waals surface area contributed by atoms with Gasteiger partial charge in [0.25, 0.3) is 0 Å². The SMILES string of the molecule is Clc1ccccc1CNc1nc(-c2cccs2)nc2ccccc12. The lowest BCUT2D eigenvalue weighted by Gasteiger charge is -2.11. The van der Waals surface area contributed by atoms with Gasteiger partial charge in [0.2, 0.25) is 0 Å². The molecule has 0 saturated carbocycles. The average molecular weight is 352 g/mol. The second-order valence-corrected chi connectivity index (χ2v) is 6.69. The largest absolute Gasteiger partial charge is 0.365 e. The second kappa shape index (κ2) is 6.59. The summed E-state index contributed by atoms with van der Waals surface area (Å²) in [6.07, 6.45) is 0. The van der Waals surface area contributed by atoms with E-state index in [9.17, 15) is 0 Å². The van der Waals surface area contributed by atoms with Crippen LogP contribution in [0, 0.1) is 0 Å². The molecule has 0 spiro atoms. The molecule has 0 bridgehead atoms. The summed E-state index contributed by atoms with van der Waals surface area (Å²) < 4.78 is 0. The normalized spacial score (nSPS) is 10.9. The number of fused-ring (bicyclic) bond motifs is 1. The summed E-state index contributed by atoms with van der Waals surface area (Å²) in [6.45, 7) is 0.616. The second-order valence-electron chi connectivity index (χ2n) is 5.34. The predicted octanol–water partition coefficient (Wildman–Crippen LogP) is 5.62. The summed E-state index contributed by atoms with van der Waals surface area (Å²) in [5, 5.41) is 7.20. The number of para-hydroxylation sites is 1. The molecule has 2 heterocycles. The van der Waals surface area contributed by atoms with Crippen LogP contribution in [0.3, 0.4) is 0 Å². The van der Waals surface area contributed by atoms with Crippen molar-refractivity contribution in [2.75, 3.05) is 5.32 Å². The van der Waals surface area contributed by atoms with E-state index in [1.807, 2.05) is 66.0 Å². The maximum atomic E-state index is 6.25. The van der Waals surface area contributed by atoms with Crippen LogP contribution in [-0.2, 0) is 6.54 Å². The van der Waals surface area contributed by atoms with E-state index in [0.29, 0.717) is 6.54 Å². The van der Waals surface area contributed by atoms with E-state index in [0.717, 1.165) is 38.0 Å². The summed E-state index contributed by atoms with van der Waals surface area (Å²) in [5.74, 6) is 1.56. The zero-order valence-electron chi connectivity index (χ0n) is 12.7. The molecular formula is C19H14ClN3S. The van der Waals surface area contributed by atoms with Crippen LogP contribution in [0.2, 0.25) is 5.02 Å². The minimum atomic E-state index is 0.616. The van der Waals surface area contributed by atoms with E-state index >= 15 is 0 Å². The number of thiophene rings is 1. The Kier molecular flexibility index (Phi) is 4.15. The van der Waals surface area contributed by atoms with E-state index in [2.05, 4.69) is 10.3 Å². The highest BCUT2D eigenvalue weighted by Crippen LogP contribution is 2.28. The Labute approximate surface area is 149 Å². The third kappa shape index (κ3) is 2.98. The molecule has 24 heavy (non-hydrogen) atoms. The van der Waals surface area contributed by atoms with Crippen LogP contribution in [0.25, 0.3) is 21.6 Å². The molecule has 0 aliphatic carbocycles. The van der Waals surface area contributed by atoms with Gasteiger partial charge < -0.3 is 5.32 Å². The summed E-state index contributed by atoms with van der Waals surface area (Å²) >= 11 is 7.89. The molecule has 0 unspecified atom stereocenters. The number of hydrogen-bond acceptors (Lipinski definition) is 4. The first-order chi connectivity index (χ1) is 11.8. The van der Waals surface area contributed by atoms with Crippen LogP contribution in [0.4, 0.5) is 5.82 Å². The van der Waals surface area contributed by atoms with Gasteiger partial charge in [0.15, 0.2) is 5.82 Å². The van der Waals surface area contributed by atoms with Crippen molar-refractivity contribution >= 4 is 39.7 Å². The number of hydrogen-bond donors (Lipinski definition) is 1. The first-order valence-corrected chi connectivity index (χ1v) is 8.85. The fourth-order valence-corrected chi connectivity index (χ4v) is 3.41. The standard InChI is InChI=1S/C19H14ClN3S/c20-15-8-3-1-6-13(15)12-21-18-14-7-2-4-9-16(14)22-19(23-18)17-10-5-11-24-17/h1-11H,12H2,(H,21,22,23). The van der Waals surface area contributed by atoms with E-state index in [-0.39, 0.29) is 0 Å². The summed E-state index contributed by atoms with van der Waals surface area (Å²) in [7, 11) is 0. The minimum absolute atomic E-state index is 0.616. The van der Waals surface area contributed by atoms with Crippen molar-refractivity contribution in [2.45, 2.75) is 6.54 Å². The molecule has 2 aromatic carbocycles. The van der Waals surface area contributed by atoms with Crippen molar-refractivity contribution in [1.29, 1.82) is 0 Å². The molecule has 118 valence electrons. The molecule has 3 nitrogen and oxygen atoms in total. The Morgan fingerprint density at radius 1 is 0.917 bits per heavy atom. The molecule has 0 fully saturated rings. The van der Waals surface area contributed by atoms with Crippen molar-refractivity contribution in [3.63, 3.8) is 0 Å². The summed E-state index contributed by atoms with van der Waals surface area (Å²) in [5.41, 5.74) is 1.97. The third-order valence-electron chi connectivity index (χ3n) is 3.75. The number of benzene rings is 2. The van der Waals surface area contributed by atoms with Gasteiger partial charge in [0.05, 0.1) is 10.4 Å². The van der Waals surface area contributed by atoms with Crippen LogP contribution in [-0.4, -0.2) is 9.97 Å². The van der Waals surface area contributed by atoms with Gasteiger partial charge in [-0.25, -0.2) is 9.97 Å². The van der Waals surface area contributed by atoms with Gasteiger partial charge in [0.1, 0.15) is 5.82 Å². The lowest BCUT2D eigenvalue weighted by Crippen LogP contribution is -2.04. The fraction of sp³-hybridized carbons (Fsp3) is 0.0526. The highest BCUT2D eigenvalue weighted by molar-refractivity contribution is 7.13. The van der Waals surface area contributed by atoms with E-state index in [4.69, 9.17) is 16.6 Å². The van der Waals surface area contributed by atoms with Crippen molar-refractivity contribution in [1.82, 2.24) is 9.97 Å². The monoisotopic (exact) mass is 351 g/mol. The average Bonchev–Trinajstić information content (AvgIpc) is 3.15. The summed E-state index contributed by atoms with van der Waals surface area (Å²) in [4.78, 5) is 10.5. The number of rotatable bonds is 4. The number of halogens is 1. The van der Waals surface area contributed by atoms with E-state index in [1.165, 1.54) is 0 Å². The zero-order valence-corrected chi connectivity index (χ0v) is 14.3. The quantitative estimate of drug-likeness (QED) is 0.518. The Bertz CT molecular complexity index is 983. The van der Waals surface area contributed by atoms with Gasteiger partial charge >= 0.3 is 0 Å². The van der Waals surface area contributed by atoms with Gasteiger partial charge in [-0.15, -0.1) is 11.3 Å². The number of anilines is 1. The molecule has 0 atom stereocenters. The molecule has 5 heteroatoms. The first-order valence-electron chi connectivity index (χ1n) is 7.59. The highest BCUT2D eigenvalue weighted by Gasteiger charge is 2.10. The van der Waals surface area contributed by atoms with Crippen molar-refractivity contribution in [3.8, 4) is 10.7 Å². The molecule has 0 aliphatic heterocycles. The Morgan fingerprint density at radius 2 is 1.75 bits per heavy atom. The lowest BCUT2D eigenvalue weighted by molar-refractivity contribution is 1.11. The van der Waals surface area contributed by atoms with Gasteiger partial charge in [-0.3, -0.25) is 0 Å². The molecule has 0 radical (unpaired) electrons. The predicted molar refractivity (Wildman–Crippen MR) is 102 cm³/mol. The number of nitrogens with one attached hydrogen (secondary N) is 1. The van der Waals surface area contributed by atoms with E-state index in [1.54, 1.807) is 11.3 Å². The van der Waals surface area contributed by atoms with Gasteiger partial charge in [-0.1, -0.05) is 48.0 Å². The number of aromatic nitrogens is 2. The van der Waals surface area contributed by atoms with Gasteiger partial charge in [0, 0.05) is 17.0 Å². The van der Waals surface area contributed by atoms with Crippen LogP contribution >= 0.6 is 22.9 Å². The lowest BCUT2D eigenvalue weighted by atomic mass is 10.2. The molecule has 4 aromatic rings. The van der Waals surface area contributed by atoms with Gasteiger partial charge in [-0.2, -0.15) is 0 Å². The maximum Gasteiger partial charge on any atom is 0.172 e. The first kappa shape index (κ1) is 15.1. The molecule has 1 N–H and O–H groups in total. The molecule has 0 aliphatic rings. The summed E-state index contributed by atoms with van der Waals surface area (Å²) in [6, 6.07) is 19.9. The van der Waals surface area contributed by atoms with Crippen molar-refractivity contribution in [2.24, 2.45) is 0 Å². The van der Waals surface area contributed by atoms with Crippen LogP contribution in [0.15, 0.2) is 66.0 Å². The fourth-order valence-electron chi connectivity index (χ4n) is 2.55. The third-order valence-corrected chi connectivity index (χ3v) is 4.98. The Balaban J connectivity index is 1.74. The smallest absolute Gasteiger partial charge is 0.172 e.